The number of carbonyl (C=O) groups is 3. The summed E-state index contributed by atoms with van der Waals surface area (Å²) in [5.41, 5.74) is 2.52. The number of rotatable bonds is 13. The monoisotopic (exact) mass is 511 g/mol. The third kappa shape index (κ3) is 12.7. The van der Waals surface area contributed by atoms with Gasteiger partial charge in [0.05, 0.1) is 13.2 Å². The van der Waals surface area contributed by atoms with Crippen molar-refractivity contribution in [3.8, 4) is 29.4 Å². The fourth-order valence-corrected chi connectivity index (χ4v) is 2.81. The Bertz CT molecular complexity index is 1250. The molecule has 2 aromatic carbocycles. The minimum atomic E-state index is -0.475. The molecule has 0 aliphatic carbocycles. The summed E-state index contributed by atoms with van der Waals surface area (Å²) in [4.78, 5) is 38.1. The van der Waals surface area contributed by atoms with Gasteiger partial charge in [-0.2, -0.15) is 0 Å². The lowest BCUT2D eigenvalue weighted by atomic mass is 10.1. The van der Waals surface area contributed by atoms with Crippen molar-refractivity contribution in [3.63, 3.8) is 0 Å². The lowest BCUT2D eigenvalue weighted by Gasteiger charge is -2.04. The molecule has 0 saturated carbocycles. The van der Waals surface area contributed by atoms with Gasteiger partial charge >= 0.3 is 17.9 Å². The Balaban J connectivity index is 1.72. The Morgan fingerprint density at radius 1 is 0.763 bits per heavy atom. The molecular weight excluding hydrogens is 482 g/mol. The van der Waals surface area contributed by atoms with Crippen molar-refractivity contribution in [1.82, 2.24) is 0 Å². The van der Waals surface area contributed by atoms with Crippen molar-refractivity contribution in [2.45, 2.75) is 25.7 Å². The lowest BCUT2D eigenvalue weighted by Crippen LogP contribution is -2.08. The average molecular weight is 512 g/mol. The number of unbranched alkanes of at least 4 members (excludes halogenated alkanes) is 1. The van der Waals surface area contributed by atoms with Gasteiger partial charge in [-0.3, -0.25) is 9.79 Å². The maximum Gasteiger partial charge on any atom is 0.330 e. The van der Waals surface area contributed by atoms with Crippen LogP contribution in [-0.2, 0) is 23.9 Å². The molecule has 0 atom stereocenters. The van der Waals surface area contributed by atoms with Crippen molar-refractivity contribution in [2.24, 2.45) is 4.99 Å². The van der Waals surface area contributed by atoms with Crippen LogP contribution in [0.3, 0.4) is 0 Å². The number of aliphatic imine (C=N–C) groups is 1. The second-order valence-corrected chi connectivity index (χ2v) is 7.71. The molecule has 0 bridgehead atoms. The zero-order valence-corrected chi connectivity index (χ0v) is 21.1. The van der Waals surface area contributed by atoms with Crippen LogP contribution in [0, 0.1) is 23.7 Å². The van der Waals surface area contributed by atoms with Crippen LogP contribution in [0.15, 0.2) is 78.8 Å². The van der Waals surface area contributed by atoms with E-state index in [-0.39, 0.29) is 19.0 Å². The minimum absolute atomic E-state index is 0.228. The maximum atomic E-state index is 11.9. The van der Waals surface area contributed by atoms with E-state index >= 15 is 0 Å². The van der Waals surface area contributed by atoms with Crippen molar-refractivity contribution in [2.75, 3.05) is 19.8 Å². The van der Waals surface area contributed by atoms with Gasteiger partial charge in [0.25, 0.3) is 0 Å². The molecule has 0 aromatic heterocycles. The third-order valence-corrected chi connectivity index (χ3v) is 4.74. The normalized spacial score (nSPS) is 9.79. The van der Waals surface area contributed by atoms with Crippen LogP contribution in [0.5, 0.6) is 5.75 Å². The van der Waals surface area contributed by atoms with Crippen LogP contribution < -0.4 is 4.74 Å². The zero-order chi connectivity index (χ0) is 27.4. The van der Waals surface area contributed by atoms with E-state index in [0.29, 0.717) is 38.2 Å². The maximum absolute atomic E-state index is 11.9. The molecule has 7 heteroatoms. The van der Waals surface area contributed by atoms with E-state index in [9.17, 15) is 14.4 Å². The fraction of sp³-hybridized carbons (Fsp3) is 0.226. The molecule has 0 aliphatic heterocycles. The standard InChI is InChI=1S/C31H29NO6/c1-3-29(33)36-22-8-7-12-31(35)38-28-19-17-26(18-20-28)11-6-5-10-25-13-15-27(16-14-25)24-32-21-9-23-37-30(34)4-2/h3-4,13-20,24H,1-2,7-9,12,21-23H2. The highest BCUT2D eigenvalue weighted by atomic mass is 16.5. The quantitative estimate of drug-likeness (QED) is 0.0987. The molecule has 2 aromatic rings. The van der Waals surface area contributed by atoms with Gasteiger partial charge in [-0.15, -0.1) is 0 Å². The predicted molar refractivity (Wildman–Crippen MR) is 146 cm³/mol. The summed E-state index contributed by atoms with van der Waals surface area (Å²) in [5.74, 6) is 10.8. The molecule has 0 amide bonds. The van der Waals surface area contributed by atoms with E-state index in [1.807, 2.05) is 24.3 Å². The largest absolute Gasteiger partial charge is 0.463 e. The first-order valence-electron chi connectivity index (χ1n) is 12.0. The summed E-state index contributed by atoms with van der Waals surface area (Å²) in [5, 5.41) is 0. The van der Waals surface area contributed by atoms with Gasteiger partial charge in [0, 0.05) is 48.9 Å². The topological polar surface area (TPSA) is 91.3 Å². The van der Waals surface area contributed by atoms with Crippen LogP contribution in [-0.4, -0.2) is 43.9 Å². The van der Waals surface area contributed by atoms with E-state index in [1.54, 1.807) is 30.5 Å². The number of ether oxygens (including phenoxy) is 3. The molecule has 194 valence electrons. The van der Waals surface area contributed by atoms with E-state index < -0.39 is 11.9 Å². The molecule has 7 nitrogen and oxygen atoms in total. The van der Waals surface area contributed by atoms with Crippen molar-refractivity contribution < 1.29 is 28.6 Å². The van der Waals surface area contributed by atoms with Gasteiger partial charge in [-0.05, 0) is 66.6 Å². The second kappa shape index (κ2) is 17.5. The number of hydrogen-bond acceptors (Lipinski definition) is 7. The van der Waals surface area contributed by atoms with Crippen LogP contribution in [0.4, 0.5) is 0 Å². The van der Waals surface area contributed by atoms with Gasteiger partial charge in [0.1, 0.15) is 5.75 Å². The molecule has 38 heavy (non-hydrogen) atoms. The minimum Gasteiger partial charge on any atom is -0.463 e. The number of benzene rings is 2. The Labute approximate surface area is 223 Å². The lowest BCUT2D eigenvalue weighted by molar-refractivity contribution is -0.138. The summed E-state index contributed by atoms with van der Waals surface area (Å²) in [6, 6.07) is 14.5. The number of nitrogens with zero attached hydrogens (tertiary/aromatic N) is 1. The fourth-order valence-electron chi connectivity index (χ4n) is 2.81. The first-order valence-corrected chi connectivity index (χ1v) is 12.0. The highest BCUT2D eigenvalue weighted by molar-refractivity contribution is 5.81. The highest BCUT2D eigenvalue weighted by Crippen LogP contribution is 2.13. The predicted octanol–water partition coefficient (Wildman–Crippen LogP) is 4.43. The van der Waals surface area contributed by atoms with E-state index in [2.05, 4.69) is 41.8 Å². The third-order valence-electron chi connectivity index (χ3n) is 4.74. The van der Waals surface area contributed by atoms with Gasteiger partial charge < -0.3 is 14.2 Å². The average Bonchev–Trinajstić information content (AvgIpc) is 2.94. The van der Waals surface area contributed by atoms with Gasteiger partial charge in [-0.25, -0.2) is 9.59 Å². The van der Waals surface area contributed by atoms with Crippen LogP contribution in [0.1, 0.15) is 42.4 Å². The number of esters is 3. The van der Waals surface area contributed by atoms with E-state index in [0.717, 1.165) is 28.8 Å². The molecule has 0 N–H and O–H groups in total. The Morgan fingerprint density at radius 2 is 1.32 bits per heavy atom. The van der Waals surface area contributed by atoms with Crippen molar-refractivity contribution >= 4 is 24.1 Å². The summed E-state index contributed by atoms with van der Waals surface area (Å²) in [6.07, 6.45) is 5.99. The zero-order valence-electron chi connectivity index (χ0n) is 21.1. The Kier molecular flexibility index (Phi) is 13.5. The van der Waals surface area contributed by atoms with E-state index in [1.165, 1.54) is 0 Å². The smallest absolute Gasteiger partial charge is 0.330 e. The Hall–Kier alpha value is -4.88. The molecule has 0 fully saturated rings. The van der Waals surface area contributed by atoms with Crippen molar-refractivity contribution in [1.29, 1.82) is 0 Å². The highest BCUT2D eigenvalue weighted by Gasteiger charge is 2.05. The number of carbonyl (C=O) groups excluding carboxylic acids is 3. The van der Waals surface area contributed by atoms with Crippen LogP contribution in [0.25, 0.3) is 0 Å². The summed E-state index contributed by atoms with van der Waals surface area (Å²) in [7, 11) is 0. The molecule has 0 aliphatic rings. The first kappa shape index (κ1) is 29.4. The number of hydrogen-bond donors (Lipinski definition) is 0. The van der Waals surface area contributed by atoms with Crippen LogP contribution in [0.2, 0.25) is 0 Å². The SMILES string of the molecule is C=CC(=O)OCCCCC(=O)Oc1ccc(C#CC#Cc2ccc(C=NCCCOC(=O)C=C)cc2)cc1. The Morgan fingerprint density at radius 3 is 1.89 bits per heavy atom. The second-order valence-electron chi connectivity index (χ2n) is 7.71. The summed E-state index contributed by atoms with van der Waals surface area (Å²) in [6.45, 7) is 7.77. The summed E-state index contributed by atoms with van der Waals surface area (Å²) >= 11 is 0. The first-order chi connectivity index (χ1) is 18.5. The molecular formula is C31H29NO6. The van der Waals surface area contributed by atoms with Gasteiger partial charge in [0.15, 0.2) is 0 Å². The van der Waals surface area contributed by atoms with Crippen molar-refractivity contribution in [3.05, 3.63) is 90.5 Å². The van der Waals surface area contributed by atoms with Gasteiger partial charge in [-0.1, -0.05) is 37.1 Å². The summed E-state index contributed by atoms with van der Waals surface area (Å²) < 4.78 is 15.0. The molecule has 0 saturated heterocycles. The van der Waals surface area contributed by atoms with E-state index in [4.69, 9.17) is 14.2 Å². The molecule has 0 heterocycles. The van der Waals surface area contributed by atoms with Gasteiger partial charge in [0.2, 0.25) is 0 Å². The molecule has 2 rings (SSSR count). The molecule has 0 unspecified atom stereocenters. The van der Waals surface area contributed by atoms with Crippen LogP contribution >= 0.6 is 0 Å². The molecule has 0 radical (unpaired) electrons. The molecule has 0 spiro atoms.